The van der Waals surface area contributed by atoms with Crippen molar-refractivity contribution < 1.29 is 45.3 Å². The molecule has 0 radical (unpaired) electrons. The molecule has 4 rings (SSSR count). The molecule has 14 heteroatoms. The highest BCUT2D eigenvalue weighted by molar-refractivity contribution is 6.32. The lowest BCUT2D eigenvalue weighted by Gasteiger charge is -2.43. The van der Waals surface area contributed by atoms with Crippen molar-refractivity contribution in [2.75, 3.05) is 73.2 Å². The van der Waals surface area contributed by atoms with Gasteiger partial charge < -0.3 is 19.1 Å². The van der Waals surface area contributed by atoms with Crippen LogP contribution in [0.4, 0.5) is 26.3 Å². The zero-order chi connectivity index (χ0) is 31.4. The van der Waals surface area contributed by atoms with E-state index >= 15 is 0 Å². The fourth-order valence-electron chi connectivity index (χ4n) is 5.47. The molecule has 2 atom stereocenters. The van der Waals surface area contributed by atoms with E-state index in [1.165, 1.54) is 12.0 Å². The zero-order valence-electron chi connectivity index (χ0n) is 23.8. The topological polar surface area (TPSA) is 54.5 Å². The number of morpholine rings is 1. The van der Waals surface area contributed by atoms with Crippen LogP contribution in [-0.4, -0.2) is 106 Å². The Hall–Kier alpha value is -2.58. The molecule has 1 unspecified atom stereocenters. The van der Waals surface area contributed by atoms with E-state index in [-0.39, 0.29) is 25.1 Å². The summed E-state index contributed by atoms with van der Waals surface area (Å²) < 4.78 is 97.4. The van der Waals surface area contributed by atoms with Crippen LogP contribution in [0, 0.1) is 0 Å². The number of benzene rings is 2. The van der Waals surface area contributed by atoms with Crippen molar-refractivity contribution in [3.8, 4) is 5.75 Å². The number of halogens is 7. The summed E-state index contributed by atoms with van der Waals surface area (Å²) in [7, 11) is 3.07. The summed E-state index contributed by atoms with van der Waals surface area (Å²) >= 11 is 6.17. The summed E-state index contributed by atoms with van der Waals surface area (Å²) in [6, 6.07) is 5.56. The fourth-order valence-corrected chi connectivity index (χ4v) is 5.66. The van der Waals surface area contributed by atoms with Gasteiger partial charge in [-0.25, -0.2) is 0 Å². The first-order chi connectivity index (χ1) is 20.3. The Balaban J connectivity index is 1.57. The SMILES string of the molecule is COC[C@@H]1CN(CCN2CCN(C(=O)c3cc(C(F)(F)F)cc(C(F)(F)F)c3)C(Cc3ccc(Cl)c(OC)c3)C2)CCO1. The smallest absolute Gasteiger partial charge is 0.416 e. The number of nitrogens with zero attached hydrogens (tertiary/aromatic N) is 3. The van der Waals surface area contributed by atoms with Crippen LogP contribution in [0.5, 0.6) is 5.75 Å². The molecule has 0 N–H and O–H groups in total. The van der Waals surface area contributed by atoms with Crippen molar-refractivity contribution >= 4 is 17.5 Å². The monoisotopic (exact) mass is 637 g/mol. The summed E-state index contributed by atoms with van der Waals surface area (Å²) in [6.07, 6.45) is -9.87. The molecule has 2 aromatic carbocycles. The van der Waals surface area contributed by atoms with Gasteiger partial charge in [-0.1, -0.05) is 17.7 Å². The number of piperazine rings is 1. The molecule has 2 fully saturated rings. The van der Waals surface area contributed by atoms with E-state index < -0.39 is 41.0 Å². The van der Waals surface area contributed by atoms with Crippen LogP contribution in [0.1, 0.15) is 27.0 Å². The molecule has 43 heavy (non-hydrogen) atoms. The van der Waals surface area contributed by atoms with Crippen molar-refractivity contribution in [1.82, 2.24) is 14.7 Å². The van der Waals surface area contributed by atoms with Gasteiger partial charge in [0.2, 0.25) is 0 Å². The summed E-state index contributed by atoms with van der Waals surface area (Å²) in [5.41, 5.74) is -2.96. The molecule has 2 saturated heterocycles. The highest BCUT2D eigenvalue weighted by Crippen LogP contribution is 2.37. The first kappa shape index (κ1) is 33.3. The minimum Gasteiger partial charge on any atom is -0.495 e. The average molecular weight is 638 g/mol. The number of methoxy groups -OCH3 is 2. The van der Waals surface area contributed by atoms with E-state index in [0.29, 0.717) is 62.3 Å². The highest BCUT2D eigenvalue weighted by Gasteiger charge is 2.39. The Morgan fingerprint density at radius 3 is 2.19 bits per heavy atom. The van der Waals surface area contributed by atoms with Gasteiger partial charge in [-0.05, 0) is 42.3 Å². The average Bonchev–Trinajstić information content (AvgIpc) is 2.96. The van der Waals surface area contributed by atoms with Crippen molar-refractivity contribution in [2.45, 2.75) is 30.9 Å². The normalized spacial score (nSPS) is 20.8. The second-order valence-corrected chi connectivity index (χ2v) is 11.1. The largest absolute Gasteiger partial charge is 0.495 e. The van der Waals surface area contributed by atoms with Gasteiger partial charge >= 0.3 is 12.4 Å². The van der Waals surface area contributed by atoms with E-state index in [1.54, 1.807) is 25.3 Å². The van der Waals surface area contributed by atoms with Gasteiger partial charge in [0.25, 0.3) is 5.91 Å². The third-order valence-electron chi connectivity index (χ3n) is 7.66. The summed E-state index contributed by atoms with van der Waals surface area (Å²) in [5, 5.41) is 0.380. The standard InChI is InChI=1S/C29H34ClF6N3O4/c1-41-18-24-17-38(9-10-43-24)6-5-37-7-8-39(23(16-37)11-19-3-4-25(30)26(12-19)42-2)27(40)20-13-21(28(31,32)33)15-22(14-20)29(34,35)36/h3-4,12-15,23-24H,5-11,16-18H2,1-2H3/t23?,24-/m0/s1. The number of alkyl halides is 6. The van der Waals surface area contributed by atoms with Crippen LogP contribution in [0.15, 0.2) is 36.4 Å². The molecule has 0 saturated carbocycles. The third-order valence-corrected chi connectivity index (χ3v) is 7.97. The first-order valence-corrected chi connectivity index (χ1v) is 14.1. The lowest BCUT2D eigenvalue weighted by atomic mass is 9.99. The third kappa shape index (κ3) is 8.75. The fraction of sp³-hybridized carbons (Fsp3) is 0.552. The Morgan fingerprint density at radius 2 is 1.58 bits per heavy atom. The summed E-state index contributed by atoms with van der Waals surface area (Å²) in [4.78, 5) is 19.4. The second-order valence-electron chi connectivity index (χ2n) is 10.7. The van der Waals surface area contributed by atoms with Crippen LogP contribution < -0.4 is 4.74 Å². The predicted octanol–water partition coefficient (Wildman–Crippen LogP) is 5.10. The Kier molecular flexibility index (Phi) is 10.9. The van der Waals surface area contributed by atoms with Gasteiger partial charge in [-0.15, -0.1) is 0 Å². The quantitative estimate of drug-likeness (QED) is 0.357. The first-order valence-electron chi connectivity index (χ1n) is 13.8. The van der Waals surface area contributed by atoms with E-state index in [4.69, 9.17) is 25.8 Å². The Bertz CT molecular complexity index is 1230. The highest BCUT2D eigenvalue weighted by atomic mass is 35.5. The number of amides is 1. The van der Waals surface area contributed by atoms with Gasteiger partial charge in [0.15, 0.2) is 0 Å². The molecule has 1 amide bonds. The van der Waals surface area contributed by atoms with Crippen LogP contribution in [0.3, 0.4) is 0 Å². The van der Waals surface area contributed by atoms with E-state index in [2.05, 4.69) is 9.80 Å². The Labute approximate surface area is 251 Å². The number of hydrogen-bond acceptors (Lipinski definition) is 6. The lowest BCUT2D eigenvalue weighted by Crippen LogP contribution is -2.57. The van der Waals surface area contributed by atoms with Gasteiger partial charge in [0.05, 0.1) is 42.6 Å². The van der Waals surface area contributed by atoms with Gasteiger partial charge in [-0.3, -0.25) is 14.6 Å². The van der Waals surface area contributed by atoms with Crippen LogP contribution in [0.2, 0.25) is 5.02 Å². The van der Waals surface area contributed by atoms with Crippen LogP contribution in [-0.2, 0) is 28.2 Å². The molecule has 238 valence electrons. The maximum atomic E-state index is 13.6. The van der Waals surface area contributed by atoms with Gasteiger partial charge in [0.1, 0.15) is 5.75 Å². The van der Waals surface area contributed by atoms with Crippen molar-refractivity contribution in [3.05, 3.63) is 63.7 Å². The minimum atomic E-state index is -5.06. The van der Waals surface area contributed by atoms with E-state index in [0.717, 1.165) is 18.7 Å². The molecule has 2 aromatic rings. The molecule has 2 aliphatic rings. The maximum absolute atomic E-state index is 13.6. The number of rotatable bonds is 9. The predicted molar refractivity (Wildman–Crippen MR) is 147 cm³/mol. The van der Waals surface area contributed by atoms with Gasteiger partial charge in [0, 0.05) is 64.5 Å². The number of carbonyl (C=O) groups excluding carboxylic acids is 1. The van der Waals surface area contributed by atoms with Gasteiger partial charge in [-0.2, -0.15) is 26.3 Å². The van der Waals surface area contributed by atoms with Crippen molar-refractivity contribution in [1.29, 1.82) is 0 Å². The number of ether oxygens (including phenoxy) is 3. The van der Waals surface area contributed by atoms with Crippen molar-refractivity contribution in [3.63, 3.8) is 0 Å². The van der Waals surface area contributed by atoms with E-state index in [9.17, 15) is 31.1 Å². The number of hydrogen-bond donors (Lipinski definition) is 0. The van der Waals surface area contributed by atoms with Crippen LogP contribution >= 0.6 is 11.6 Å². The molecule has 0 spiro atoms. The molecular formula is C29H34ClF6N3O4. The minimum absolute atomic E-state index is 0.0228. The molecular weight excluding hydrogens is 604 g/mol. The molecule has 7 nitrogen and oxygen atoms in total. The van der Waals surface area contributed by atoms with Crippen LogP contribution in [0.25, 0.3) is 0 Å². The second kappa shape index (κ2) is 14.0. The lowest BCUT2D eigenvalue weighted by molar-refractivity contribution is -0.143. The van der Waals surface area contributed by atoms with Crippen molar-refractivity contribution in [2.24, 2.45) is 0 Å². The molecule has 2 aliphatic heterocycles. The summed E-state index contributed by atoms with van der Waals surface area (Å²) in [5.74, 6) is -0.479. The number of carbonyl (C=O) groups is 1. The van der Waals surface area contributed by atoms with E-state index in [1.807, 2.05) is 0 Å². The Morgan fingerprint density at radius 1 is 0.930 bits per heavy atom. The summed E-state index contributed by atoms with van der Waals surface area (Å²) in [6.45, 7) is 4.80. The zero-order valence-corrected chi connectivity index (χ0v) is 24.6. The maximum Gasteiger partial charge on any atom is 0.416 e. The molecule has 2 heterocycles. The molecule has 0 aromatic heterocycles. The molecule has 0 aliphatic carbocycles. The molecule has 0 bridgehead atoms.